The predicted molar refractivity (Wildman–Crippen MR) is 111 cm³/mol. The molecule has 0 aliphatic carbocycles. The van der Waals surface area contributed by atoms with E-state index in [-0.39, 0.29) is 34.2 Å². The quantitative estimate of drug-likeness (QED) is 0.785. The normalized spacial score (nSPS) is 18.5. The first-order valence-electron chi connectivity index (χ1n) is 9.83. The molecule has 0 saturated carbocycles. The van der Waals surface area contributed by atoms with Crippen LogP contribution < -0.4 is 16.0 Å². The van der Waals surface area contributed by atoms with Gasteiger partial charge in [0.2, 0.25) is 0 Å². The van der Waals surface area contributed by atoms with Crippen LogP contribution in [-0.2, 0) is 0 Å². The van der Waals surface area contributed by atoms with Crippen LogP contribution in [0.1, 0.15) is 43.2 Å². The third-order valence-electron chi connectivity index (χ3n) is 5.05. The number of amides is 1. The molecule has 1 aliphatic rings. The van der Waals surface area contributed by atoms with Gasteiger partial charge in [-0.05, 0) is 37.0 Å². The number of nitrogens with two attached hydrogens (primary N) is 1. The van der Waals surface area contributed by atoms with Gasteiger partial charge in [-0.1, -0.05) is 13.8 Å². The maximum atomic E-state index is 14.0. The molecule has 1 fully saturated rings. The SMILES string of the molecule is CC(C)CNC(=O)c1cnc(C#N)c(-c2cc(F)cc(F)c2)c1N1CC[C@](C)(N)C1. The minimum Gasteiger partial charge on any atom is -0.368 e. The number of nitrogens with one attached hydrogen (secondary N) is 1. The number of hydrogen-bond donors (Lipinski definition) is 2. The lowest BCUT2D eigenvalue weighted by molar-refractivity contribution is 0.0949. The molecule has 3 rings (SSSR count). The average Bonchev–Trinajstić information content (AvgIpc) is 3.03. The highest BCUT2D eigenvalue weighted by molar-refractivity contribution is 6.04. The van der Waals surface area contributed by atoms with Crippen LogP contribution in [0.15, 0.2) is 24.4 Å². The summed E-state index contributed by atoms with van der Waals surface area (Å²) in [7, 11) is 0. The first-order valence-corrected chi connectivity index (χ1v) is 9.83. The number of pyridine rings is 1. The van der Waals surface area contributed by atoms with Gasteiger partial charge in [-0.3, -0.25) is 4.79 Å². The third-order valence-corrected chi connectivity index (χ3v) is 5.05. The number of hydrogen-bond acceptors (Lipinski definition) is 5. The summed E-state index contributed by atoms with van der Waals surface area (Å²) in [5.41, 5.74) is 6.83. The minimum absolute atomic E-state index is 0.0129. The van der Waals surface area contributed by atoms with Crippen molar-refractivity contribution in [3.63, 3.8) is 0 Å². The summed E-state index contributed by atoms with van der Waals surface area (Å²) < 4.78 is 28.0. The molecule has 1 amide bonds. The molecule has 158 valence electrons. The number of nitriles is 1. The van der Waals surface area contributed by atoms with Gasteiger partial charge < -0.3 is 16.0 Å². The van der Waals surface area contributed by atoms with Crippen LogP contribution >= 0.6 is 0 Å². The molecule has 0 spiro atoms. The topological polar surface area (TPSA) is 95.0 Å². The van der Waals surface area contributed by atoms with Crippen LogP contribution in [0.4, 0.5) is 14.5 Å². The summed E-state index contributed by atoms with van der Waals surface area (Å²) in [6, 6.07) is 5.02. The third kappa shape index (κ3) is 4.57. The molecule has 1 atom stereocenters. The van der Waals surface area contributed by atoms with E-state index in [4.69, 9.17) is 5.73 Å². The standard InChI is InChI=1S/C22H25F2N5O/c1-13(2)10-28-21(30)17-11-27-18(9-25)19(14-6-15(23)8-16(24)7-14)20(17)29-5-4-22(3,26)12-29/h6-8,11,13H,4-5,10,12,26H2,1-3H3,(H,28,30)/t22-/m0/s1. The fraction of sp³-hybridized carbons (Fsp3) is 0.409. The smallest absolute Gasteiger partial charge is 0.254 e. The molecule has 6 nitrogen and oxygen atoms in total. The van der Waals surface area contributed by atoms with E-state index in [1.54, 1.807) is 0 Å². The molecule has 30 heavy (non-hydrogen) atoms. The molecule has 2 aromatic rings. The number of benzene rings is 1. The van der Waals surface area contributed by atoms with E-state index in [9.17, 15) is 18.8 Å². The number of carbonyl (C=O) groups is 1. The summed E-state index contributed by atoms with van der Waals surface area (Å²) in [5, 5.41) is 12.5. The van der Waals surface area contributed by atoms with E-state index in [1.807, 2.05) is 31.7 Å². The maximum Gasteiger partial charge on any atom is 0.254 e. The predicted octanol–water partition coefficient (Wildman–Crippen LogP) is 3.21. The molecule has 1 saturated heterocycles. The van der Waals surface area contributed by atoms with Crippen molar-refractivity contribution in [2.24, 2.45) is 11.7 Å². The Morgan fingerprint density at radius 3 is 2.57 bits per heavy atom. The van der Waals surface area contributed by atoms with Crippen molar-refractivity contribution >= 4 is 11.6 Å². The first kappa shape index (κ1) is 21.7. The van der Waals surface area contributed by atoms with Crippen LogP contribution in [0.25, 0.3) is 11.1 Å². The summed E-state index contributed by atoms with van der Waals surface area (Å²) in [4.78, 5) is 19.0. The monoisotopic (exact) mass is 413 g/mol. The van der Waals surface area contributed by atoms with E-state index >= 15 is 0 Å². The highest BCUT2D eigenvalue weighted by Gasteiger charge is 2.34. The Morgan fingerprint density at radius 1 is 1.37 bits per heavy atom. The largest absolute Gasteiger partial charge is 0.368 e. The molecular formula is C22H25F2N5O. The molecule has 2 heterocycles. The van der Waals surface area contributed by atoms with Crippen LogP contribution in [-0.4, -0.2) is 36.1 Å². The number of carbonyl (C=O) groups excluding carboxylic acids is 1. The van der Waals surface area contributed by atoms with Crippen LogP contribution in [0.3, 0.4) is 0 Å². The fourth-order valence-electron chi connectivity index (χ4n) is 3.62. The van der Waals surface area contributed by atoms with Crippen molar-refractivity contribution in [1.82, 2.24) is 10.3 Å². The van der Waals surface area contributed by atoms with Gasteiger partial charge in [0.25, 0.3) is 5.91 Å². The number of halogens is 2. The van der Waals surface area contributed by atoms with E-state index in [0.29, 0.717) is 31.7 Å². The zero-order valence-electron chi connectivity index (χ0n) is 17.3. The Bertz CT molecular complexity index is 993. The Balaban J connectivity index is 2.24. The lowest BCUT2D eigenvalue weighted by atomic mass is 9.97. The lowest BCUT2D eigenvalue weighted by Crippen LogP contribution is -2.40. The van der Waals surface area contributed by atoms with Crippen molar-refractivity contribution < 1.29 is 13.6 Å². The summed E-state index contributed by atoms with van der Waals surface area (Å²) in [6.45, 7) is 7.27. The molecule has 8 heteroatoms. The minimum atomic E-state index is -0.778. The summed E-state index contributed by atoms with van der Waals surface area (Å²) in [5.74, 6) is -1.68. The Hall–Kier alpha value is -3.05. The fourth-order valence-corrected chi connectivity index (χ4v) is 3.62. The van der Waals surface area contributed by atoms with Gasteiger partial charge in [-0.15, -0.1) is 0 Å². The highest BCUT2D eigenvalue weighted by atomic mass is 19.1. The van der Waals surface area contributed by atoms with Gasteiger partial charge in [0.15, 0.2) is 0 Å². The summed E-state index contributed by atoms with van der Waals surface area (Å²) in [6.07, 6.45) is 2.01. The average molecular weight is 413 g/mol. The van der Waals surface area contributed by atoms with Crippen LogP contribution in [0, 0.1) is 28.9 Å². The molecule has 0 radical (unpaired) electrons. The van der Waals surface area contributed by atoms with Crippen molar-refractivity contribution in [2.75, 3.05) is 24.5 Å². The first-order chi connectivity index (χ1) is 14.1. The number of aromatic nitrogens is 1. The zero-order valence-corrected chi connectivity index (χ0v) is 17.3. The molecule has 3 N–H and O–H groups in total. The second-order valence-corrected chi connectivity index (χ2v) is 8.44. The van der Waals surface area contributed by atoms with Gasteiger partial charge in [0, 0.05) is 43.0 Å². The van der Waals surface area contributed by atoms with E-state index in [2.05, 4.69) is 10.3 Å². The van der Waals surface area contributed by atoms with Crippen LogP contribution in [0.5, 0.6) is 0 Å². The Kier molecular flexibility index (Phi) is 6.04. The molecule has 0 bridgehead atoms. The van der Waals surface area contributed by atoms with Crippen molar-refractivity contribution in [3.8, 4) is 17.2 Å². The Labute approximate surface area is 174 Å². The number of anilines is 1. The second kappa shape index (κ2) is 8.36. The molecule has 0 unspecified atom stereocenters. The van der Waals surface area contributed by atoms with Gasteiger partial charge in [-0.2, -0.15) is 5.26 Å². The van der Waals surface area contributed by atoms with Gasteiger partial charge in [-0.25, -0.2) is 13.8 Å². The van der Waals surface area contributed by atoms with E-state index in [0.717, 1.165) is 18.2 Å². The lowest BCUT2D eigenvalue weighted by Gasteiger charge is -2.27. The van der Waals surface area contributed by atoms with Crippen molar-refractivity contribution in [1.29, 1.82) is 5.26 Å². The Morgan fingerprint density at radius 2 is 2.03 bits per heavy atom. The number of nitrogens with zero attached hydrogens (tertiary/aromatic N) is 3. The summed E-state index contributed by atoms with van der Waals surface area (Å²) >= 11 is 0. The molecule has 1 aromatic carbocycles. The molecular weight excluding hydrogens is 388 g/mol. The van der Waals surface area contributed by atoms with Gasteiger partial charge in [0.05, 0.1) is 11.3 Å². The highest BCUT2D eigenvalue weighted by Crippen LogP contribution is 2.39. The van der Waals surface area contributed by atoms with Crippen molar-refractivity contribution in [2.45, 2.75) is 32.7 Å². The second-order valence-electron chi connectivity index (χ2n) is 8.44. The molecule has 1 aromatic heterocycles. The van der Waals surface area contributed by atoms with Crippen molar-refractivity contribution in [3.05, 3.63) is 47.3 Å². The maximum absolute atomic E-state index is 14.0. The van der Waals surface area contributed by atoms with Gasteiger partial charge in [0.1, 0.15) is 23.4 Å². The van der Waals surface area contributed by atoms with Gasteiger partial charge >= 0.3 is 0 Å². The molecule has 1 aliphatic heterocycles. The zero-order chi connectivity index (χ0) is 22.1. The number of rotatable bonds is 5. The van der Waals surface area contributed by atoms with E-state index in [1.165, 1.54) is 6.20 Å². The van der Waals surface area contributed by atoms with Crippen LogP contribution in [0.2, 0.25) is 0 Å². The van der Waals surface area contributed by atoms with E-state index < -0.39 is 17.2 Å².